The fourth-order valence-electron chi connectivity index (χ4n) is 1.71. The molecule has 9 heavy (non-hydrogen) atoms. The summed E-state index contributed by atoms with van der Waals surface area (Å²) in [6.45, 7) is 2.24. The molecule has 1 heterocycles. The van der Waals surface area contributed by atoms with E-state index in [0.29, 0.717) is 11.7 Å². The van der Waals surface area contributed by atoms with Crippen LogP contribution in [0.2, 0.25) is 0 Å². The first kappa shape index (κ1) is 6.40. The molecule has 3 atom stereocenters. The van der Waals surface area contributed by atoms with Gasteiger partial charge in [0, 0.05) is 3.92 Å². The van der Waals surface area contributed by atoms with Crippen LogP contribution in [0, 0.1) is 0 Å². The van der Waals surface area contributed by atoms with Crippen LogP contribution in [-0.2, 0) is 4.74 Å². The van der Waals surface area contributed by atoms with Gasteiger partial charge in [0.05, 0.1) is 11.7 Å². The Morgan fingerprint density at radius 2 is 2.44 bits per heavy atom. The summed E-state index contributed by atoms with van der Waals surface area (Å²) in [6.07, 6.45) is 4.62. The van der Waals surface area contributed by atoms with Crippen LogP contribution in [0.25, 0.3) is 0 Å². The van der Waals surface area contributed by atoms with Gasteiger partial charge in [0.15, 0.2) is 0 Å². The third-order valence-corrected chi connectivity index (χ3v) is 3.70. The number of hydrogen-bond donors (Lipinski definition) is 0. The lowest BCUT2D eigenvalue weighted by molar-refractivity contribution is 0.305. The lowest BCUT2D eigenvalue weighted by Gasteiger charge is -2.15. The lowest BCUT2D eigenvalue weighted by Crippen LogP contribution is -2.22. The Hall–Kier alpha value is 0.690. The van der Waals surface area contributed by atoms with Crippen molar-refractivity contribution in [1.82, 2.24) is 0 Å². The Kier molecular flexibility index (Phi) is 1.31. The topological polar surface area (TPSA) is 12.5 Å². The molecule has 0 aromatic heterocycles. The summed E-state index contributed by atoms with van der Waals surface area (Å²) in [5.74, 6) is 0. The maximum absolute atomic E-state index is 5.57. The van der Waals surface area contributed by atoms with E-state index in [2.05, 4.69) is 29.5 Å². The van der Waals surface area contributed by atoms with Gasteiger partial charge in [-0.3, -0.25) is 0 Å². The van der Waals surface area contributed by atoms with Gasteiger partial charge in [-0.25, -0.2) is 0 Å². The number of rotatable bonds is 0. The van der Waals surface area contributed by atoms with Gasteiger partial charge < -0.3 is 4.74 Å². The quantitative estimate of drug-likeness (QED) is 0.358. The Bertz CT molecular complexity index is 137. The highest BCUT2D eigenvalue weighted by Crippen LogP contribution is 2.49. The smallest absolute Gasteiger partial charge is 0.0988 e. The van der Waals surface area contributed by atoms with Gasteiger partial charge in [-0.05, 0) is 26.2 Å². The molecule has 0 spiro atoms. The van der Waals surface area contributed by atoms with Crippen LogP contribution in [0.1, 0.15) is 26.2 Å². The standard InChI is InChI=1S/C7H11IO/c1-7-4-2-3-5(8)6(7)9-7/h5-6H,2-4H2,1H3/t5-,6+,7-/m0/s1. The van der Waals surface area contributed by atoms with E-state index in [4.69, 9.17) is 4.74 Å². The average molecular weight is 238 g/mol. The predicted molar refractivity (Wildman–Crippen MR) is 44.9 cm³/mol. The van der Waals surface area contributed by atoms with E-state index >= 15 is 0 Å². The van der Waals surface area contributed by atoms with Crippen LogP contribution in [0.3, 0.4) is 0 Å². The molecule has 0 unspecified atom stereocenters. The zero-order chi connectivity index (χ0) is 6.48. The Morgan fingerprint density at radius 1 is 1.67 bits per heavy atom. The van der Waals surface area contributed by atoms with Crippen LogP contribution in [0.5, 0.6) is 0 Å². The summed E-state index contributed by atoms with van der Waals surface area (Å²) in [5, 5.41) is 0. The molecule has 1 nitrogen and oxygen atoms in total. The Labute approximate surface area is 69.3 Å². The maximum atomic E-state index is 5.57. The second kappa shape index (κ2) is 1.84. The fourth-order valence-corrected chi connectivity index (χ4v) is 3.06. The second-order valence-electron chi connectivity index (χ2n) is 3.26. The average Bonchev–Trinajstić information content (AvgIpc) is 2.43. The van der Waals surface area contributed by atoms with E-state index in [9.17, 15) is 0 Å². The molecule has 2 heteroatoms. The van der Waals surface area contributed by atoms with Crippen molar-refractivity contribution in [2.45, 2.75) is 41.8 Å². The number of epoxide rings is 1. The molecule has 1 saturated carbocycles. The van der Waals surface area contributed by atoms with Crippen molar-refractivity contribution in [2.75, 3.05) is 0 Å². The molecule has 1 aliphatic carbocycles. The Morgan fingerprint density at radius 3 is 3.00 bits per heavy atom. The van der Waals surface area contributed by atoms with Gasteiger partial charge in [0.1, 0.15) is 0 Å². The normalized spacial score (nSPS) is 56.7. The molecule has 1 aliphatic heterocycles. The predicted octanol–water partition coefficient (Wildman–Crippen LogP) is 2.13. The highest BCUT2D eigenvalue weighted by Gasteiger charge is 2.56. The SMILES string of the molecule is C[C@]12CCC[C@H](I)[C@H]1O2. The number of halogens is 1. The van der Waals surface area contributed by atoms with Crippen LogP contribution >= 0.6 is 22.6 Å². The first-order valence-corrected chi connectivity index (χ1v) is 4.79. The molecule has 2 aliphatic rings. The molecule has 0 aromatic carbocycles. The molecule has 0 bridgehead atoms. The molecule has 2 rings (SSSR count). The summed E-state index contributed by atoms with van der Waals surface area (Å²) >= 11 is 2.51. The number of alkyl halides is 1. The van der Waals surface area contributed by atoms with Gasteiger partial charge in [0.25, 0.3) is 0 Å². The van der Waals surface area contributed by atoms with E-state index in [-0.39, 0.29) is 0 Å². The van der Waals surface area contributed by atoms with E-state index in [1.54, 1.807) is 0 Å². The number of fused-ring (bicyclic) bond motifs is 1. The molecule has 0 amide bonds. The molecule has 0 N–H and O–H groups in total. The van der Waals surface area contributed by atoms with Crippen molar-refractivity contribution < 1.29 is 4.74 Å². The van der Waals surface area contributed by atoms with E-state index in [1.165, 1.54) is 19.3 Å². The zero-order valence-corrected chi connectivity index (χ0v) is 7.72. The van der Waals surface area contributed by atoms with Crippen LogP contribution in [-0.4, -0.2) is 15.6 Å². The van der Waals surface area contributed by atoms with E-state index in [0.717, 1.165) is 3.92 Å². The molecular formula is C7H11IO. The first-order chi connectivity index (χ1) is 4.22. The summed E-state index contributed by atoms with van der Waals surface area (Å²) in [4.78, 5) is 0. The molecule has 2 fully saturated rings. The molecule has 0 radical (unpaired) electrons. The zero-order valence-electron chi connectivity index (χ0n) is 5.56. The minimum absolute atomic E-state index is 0.310. The van der Waals surface area contributed by atoms with Gasteiger partial charge in [-0.1, -0.05) is 22.6 Å². The fraction of sp³-hybridized carbons (Fsp3) is 1.00. The van der Waals surface area contributed by atoms with Crippen molar-refractivity contribution in [3.63, 3.8) is 0 Å². The summed E-state index contributed by atoms with van der Waals surface area (Å²) in [5.41, 5.74) is 0.310. The Balaban J connectivity index is 2.07. The van der Waals surface area contributed by atoms with Crippen molar-refractivity contribution in [3.8, 4) is 0 Å². The molecule has 1 saturated heterocycles. The van der Waals surface area contributed by atoms with E-state index in [1.807, 2.05) is 0 Å². The monoisotopic (exact) mass is 238 g/mol. The largest absolute Gasteiger partial charge is 0.365 e. The maximum Gasteiger partial charge on any atom is 0.0988 e. The second-order valence-corrected chi connectivity index (χ2v) is 4.86. The van der Waals surface area contributed by atoms with Crippen molar-refractivity contribution in [2.24, 2.45) is 0 Å². The minimum atomic E-state index is 0.310. The number of hydrogen-bond acceptors (Lipinski definition) is 1. The van der Waals surface area contributed by atoms with Gasteiger partial charge in [0.2, 0.25) is 0 Å². The van der Waals surface area contributed by atoms with Crippen molar-refractivity contribution >= 4 is 22.6 Å². The number of ether oxygens (including phenoxy) is 1. The van der Waals surface area contributed by atoms with Gasteiger partial charge in [-0.2, -0.15) is 0 Å². The molecule has 52 valence electrons. The lowest BCUT2D eigenvalue weighted by atomic mass is 9.91. The minimum Gasteiger partial charge on any atom is -0.365 e. The highest BCUT2D eigenvalue weighted by atomic mass is 127. The van der Waals surface area contributed by atoms with Gasteiger partial charge in [-0.15, -0.1) is 0 Å². The van der Waals surface area contributed by atoms with E-state index < -0.39 is 0 Å². The van der Waals surface area contributed by atoms with Crippen LogP contribution in [0.15, 0.2) is 0 Å². The third kappa shape index (κ3) is 0.909. The van der Waals surface area contributed by atoms with Gasteiger partial charge >= 0.3 is 0 Å². The van der Waals surface area contributed by atoms with Crippen LogP contribution < -0.4 is 0 Å². The van der Waals surface area contributed by atoms with Crippen molar-refractivity contribution in [1.29, 1.82) is 0 Å². The highest BCUT2D eigenvalue weighted by molar-refractivity contribution is 14.1. The summed E-state index contributed by atoms with van der Waals surface area (Å²) in [7, 11) is 0. The van der Waals surface area contributed by atoms with Crippen molar-refractivity contribution in [3.05, 3.63) is 0 Å². The first-order valence-electron chi connectivity index (χ1n) is 3.54. The molecule has 0 aromatic rings. The summed E-state index contributed by atoms with van der Waals surface area (Å²) < 4.78 is 6.36. The third-order valence-electron chi connectivity index (χ3n) is 2.42. The van der Waals surface area contributed by atoms with Crippen LogP contribution in [0.4, 0.5) is 0 Å². The summed E-state index contributed by atoms with van der Waals surface area (Å²) in [6, 6.07) is 0. The molecular weight excluding hydrogens is 227 g/mol.